The molecule has 0 fully saturated rings. The highest BCUT2D eigenvalue weighted by molar-refractivity contribution is 5.65. The van der Waals surface area contributed by atoms with E-state index in [-0.39, 0.29) is 12.6 Å². The Labute approximate surface area is 85.1 Å². The second kappa shape index (κ2) is 8.51. The first-order chi connectivity index (χ1) is 6.66. The molecule has 3 nitrogen and oxygen atoms in total. The largest absolute Gasteiger partial charge is 0.462 e. The zero-order valence-corrected chi connectivity index (χ0v) is 8.82. The van der Waals surface area contributed by atoms with Gasteiger partial charge in [-0.3, -0.25) is 4.79 Å². The third-order valence-electron chi connectivity index (χ3n) is 1.63. The summed E-state index contributed by atoms with van der Waals surface area (Å²) in [6.07, 6.45) is 7.59. The normalized spacial score (nSPS) is 12.1. The van der Waals surface area contributed by atoms with Crippen molar-refractivity contribution >= 4 is 5.97 Å². The SMILES string of the molecule is CC(=O)OC/C=C/CC/C=C(\C)CO. The van der Waals surface area contributed by atoms with E-state index in [9.17, 15) is 4.79 Å². The number of carbonyl (C=O) groups is 1. The lowest BCUT2D eigenvalue weighted by atomic mass is 10.2. The molecule has 0 rings (SSSR count). The lowest BCUT2D eigenvalue weighted by molar-refractivity contribution is -0.139. The van der Waals surface area contributed by atoms with E-state index < -0.39 is 0 Å². The number of hydrogen-bond acceptors (Lipinski definition) is 3. The van der Waals surface area contributed by atoms with Crippen molar-refractivity contribution in [1.82, 2.24) is 0 Å². The summed E-state index contributed by atoms with van der Waals surface area (Å²) in [6.45, 7) is 3.75. The van der Waals surface area contributed by atoms with Crippen molar-refractivity contribution < 1.29 is 14.6 Å². The first-order valence-electron chi connectivity index (χ1n) is 4.71. The molecule has 0 aliphatic rings. The topological polar surface area (TPSA) is 46.5 Å². The Morgan fingerprint density at radius 3 is 2.57 bits per heavy atom. The average Bonchev–Trinajstić information content (AvgIpc) is 2.15. The smallest absolute Gasteiger partial charge is 0.302 e. The fourth-order valence-corrected chi connectivity index (χ4v) is 0.842. The maximum Gasteiger partial charge on any atom is 0.302 e. The zero-order chi connectivity index (χ0) is 10.8. The minimum Gasteiger partial charge on any atom is -0.462 e. The molecule has 0 spiro atoms. The van der Waals surface area contributed by atoms with Gasteiger partial charge in [-0.15, -0.1) is 0 Å². The highest BCUT2D eigenvalue weighted by Gasteiger charge is 1.87. The number of ether oxygens (including phenoxy) is 1. The molecule has 0 atom stereocenters. The third kappa shape index (κ3) is 9.00. The van der Waals surface area contributed by atoms with Gasteiger partial charge in [0, 0.05) is 6.92 Å². The molecule has 1 N–H and O–H groups in total. The Morgan fingerprint density at radius 2 is 2.00 bits per heavy atom. The maximum absolute atomic E-state index is 10.4. The van der Waals surface area contributed by atoms with Gasteiger partial charge in [-0.25, -0.2) is 0 Å². The standard InChI is InChI=1S/C11H18O3/c1-10(9-12)7-5-3-4-6-8-14-11(2)13/h4,6-7,12H,3,5,8-9H2,1-2H3/b6-4+,10-7+. The van der Waals surface area contributed by atoms with Gasteiger partial charge >= 0.3 is 5.97 Å². The number of allylic oxidation sites excluding steroid dienone is 2. The summed E-state index contributed by atoms with van der Waals surface area (Å²) in [5.74, 6) is -0.259. The zero-order valence-electron chi connectivity index (χ0n) is 8.82. The third-order valence-corrected chi connectivity index (χ3v) is 1.63. The van der Waals surface area contributed by atoms with Crippen molar-refractivity contribution in [2.24, 2.45) is 0 Å². The van der Waals surface area contributed by atoms with Crippen LogP contribution in [0.15, 0.2) is 23.8 Å². The average molecular weight is 198 g/mol. The number of carbonyl (C=O) groups excluding carboxylic acids is 1. The summed E-state index contributed by atoms with van der Waals surface area (Å²) >= 11 is 0. The van der Waals surface area contributed by atoms with Crippen LogP contribution in [0.4, 0.5) is 0 Å². The second-order valence-electron chi connectivity index (χ2n) is 3.06. The summed E-state index contributed by atoms with van der Waals surface area (Å²) < 4.78 is 4.71. The van der Waals surface area contributed by atoms with Crippen molar-refractivity contribution in [3.63, 3.8) is 0 Å². The molecule has 0 aromatic rings. The molecule has 0 aliphatic carbocycles. The van der Waals surface area contributed by atoms with Gasteiger partial charge in [0.05, 0.1) is 6.61 Å². The molecular formula is C11H18O3. The molecule has 0 aromatic carbocycles. The summed E-state index contributed by atoms with van der Waals surface area (Å²) in [6, 6.07) is 0. The highest BCUT2D eigenvalue weighted by atomic mass is 16.5. The molecule has 0 heterocycles. The molecule has 80 valence electrons. The maximum atomic E-state index is 10.4. The molecule has 0 bridgehead atoms. The number of rotatable bonds is 6. The Balaban J connectivity index is 3.40. The van der Waals surface area contributed by atoms with Crippen molar-refractivity contribution in [2.45, 2.75) is 26.7 Å². The van der Waals surface area contributed by atoms with Crippen LogP contribution < -0.4 is 0 Å². The van der Waals surface area contributed by atoms with Gasteiger partial charge in [-0.2, -0.15) is 0 Å². The van der Waals surface area contributed by atoms with Crippen molar-refractivity contribution in [3.05, 3.63) is 23.8 Å². The van der Waals surface area contributed by atoms with Crippen LogP contribution in [0.5, 0.6) is 0 Å². The van der Waals surface area contributed by atoms with Crippen LogP contribution in [-0.2, 0) is 9.53 Å². The highest BCUT2D eigenvalue weighted by Crippen LogP contribution is 1.98. The Morgan fingerprint density at radius 1 is 1.29 bits per heavy atom. The molecule has 0 radical (unpaired) electrons. The monoisotopic (exact) mass is 198 g/mol. The first kappa shape index (κ1) is 12.9. The fraction of sp³-hybridized carbons (Fsp3) is 0.545. The van der Waals surface area contributed by atoms with E-state index in [0.717, 1.165) is 18.4 Å². The predicted molar refractivity (Wildman–Crippen MR) is 55.8 cm³/mol. The number of aliphatic hydroxyl groups excluding tert-OH is 1. The van der Waals surface area contributed by atoms with Gasteiger partial charge in [0.2, 0.25) is 0 Å². The van der Waals surface area contributed by atoms with E-state index in [4.69, 9.17) is 9.84 Å². The van der Waals surface area contributed by atoms with E-state index >= 15 is 0 Å². The summed E-state index contributed by atoms with van der Waals surface area (Å²) in [5, 5.41) is 8.69. The number of esters is 1. The van der Waals surface area contributed by atoms with Crippen LogP contribution in [0.25, 0.3) is 0 Å². The molecule has 0 aromatic heterocycles. The molecule has 0 unspecified atom stereocenters. The summed E-state index contributed by atoms with van der Waals surface area (Å²) in [5.41, 5.74) is 0.985. The first-order valence-corrected chi connectivity index (χ1v) is 4.71. The van der Waals surface area contributed by atoms with Crippen molar-refractivity contribution in [3.8, 4) is 0 Å². The molecule has 3 heteroatoms. The number of aliphatic hydroxyl groups is 1. The molecule has 0 saturated heterocycles. The van der Waals surface area contributed by atoms with Gasteiger partial charge in [0.25, 0.3) is 0 Å². The van der Waals surface area contributed by atoms with Gasteiger partial charge in [0.15, 0.2) is 0 Å². The summed E-state index contributed by atoms with van der Waals surface area (Å²) in [4.78, 5) is 10.4. The number of unbranched alkanes of at least 4 members (excludes halogenated alkanes) is 1. The van der Waals surface area contributed by atoms with E-state index in [0.29, 0.717) is 6.61 Å². The van der Waals surface area contributed by atoms with E-state index in [1.165, 1.54) is 6.92 Å². The van der Waals surface area contributed by atoms with Crippen LogP contribution in [0.2, 0.25) is 0 Å². The molecule has 14 heavy (non-hydrogen) atoms. The van der Waals surface area contributed by atoms with Crippen LogP contribution in [0, 0.1) is 0 Å². The van der Waals surface area contributed by atoms with E-state index in [2.05, 4.69) is 0 Å². The Hall–Kier alpha value is -1.09. The van der Waals surface area contributed by atoms with Crippen LogP contribution >= 0.6 is 0 Å². The molecule has 0 saturated carbocycles. The minimum absolute atomic E-state index is 0.122. The van der Waals surface area contributed by atoms with Crippen LogP contribution in [-0.4, -0.2) is 24.3 Å². The molecule has 0 amide bonds. The number of hydrogen-bond donors (Lipinski definition) is 1. The second-order valence-corrected chi connectivity index (χ2v) is 3.06. The Kier molecular flexibility index (Phi) is 7.84. The van der Waals surface area contributed by atoms with Crippen LogP contribution in [0.1, 0.15) is 26.7 Å². The Bertz CT molecular complexity index is 217. The fourth-order valence-electron chi connectivity index (χ4n) is 0.842. The lowest BCUT2D eigenvalue weighted by Crippen LogP contribution is -1.97. The van der Waals surface area contributed by atoms with E-state index in [1.807, 2.05) is 25.2 Å². The van der Waals surface area contributed by atoms with E-state index in [1.54, 1.807) is 0 Å². The summed E-state index contributed by atoms with van der Waals surface area (Å²) in [7, 11) is 0. The van der Waals surface area contributed by atoms with Crippen molar-refractivity contribution in [1.29, 1.82) is 0 Å². The van der Waals surface area contributed by atoms with Gasteiger partial charge in [0.1, 0.15) is 6.61 Å². The minimum atomic E-state index is -0.259. The molecule has 0 aliphatic heterocycles. The quantitative estimate of drug-likeness (QED) is 0.402. The van der Waals surface area contributed by atoms with Gasteiger partial charge in [-0.1, -0.05) is 23.8 Å². The van der Waals surface area contributed by atoms with Crippen molar-refractivity contribution in [2.75, 3.05) is 13.2 Å². The van der Waals surface area contributed by atoms with Gasteiger partial charge < -0.3 is 9.84 Å². The molecular weight excluding hydrogens is 180 g/mol. The van der Waals surface area contributed by atoms with Crippen LogP contribution in [0.3, 0.4) is 0 Å². The predicted octanol–water partition coefficient (Wildman–Crippen LogP) is 1.82. The van der Waals surface area contributed by atoms with Gasteiger partial charge in [-0.05, 0) is 19.8 Å². The lowest BCUT2D eigenvalue weighted by Gasteiger charge is -1.95.